The van der Waals surface area contributed by atoms with Gasteiger partial charge in [0.25, 0.3) is 0 Å². The number of ether oxygens (including phenoxy) is 2. The molecule has 2 amide bonds. The van der Waals surface area contributed by atoms with Crippen LogP contribution in [0.4, 0.5) is 10.5 Å². The van der Waals surface area contributed by atoms with Crippen LogP contribution in [0.25, 0.3) is 0 Å². The molecule has 0 radical (unpaired) electrons. The summed E-state index contributed by atoms with van der Waals surface area (Å²) in [5.41, 5.74) is 3.65. The summed E-state index contributed by atoms with van der Waals surface area (Å²) in [5, 5.41) is 15.1. The molecule has 3 aliphatic rings. The molecule has 8 nitrogen and oxygen atoms in total. The first-order chi connectivity index (χ1) is 19.0. The van der Waals surface area contributed by atoms with Gasteiger partial charge in [0, 0.05) is 42.8 Å². The van der Waals surface area contributed by atoms with Crippen molar-refractivity contribution in [3.8, 4) is 0 Å². The molecule has 3 saturated heterocycles. The van der Waals surface area contributed by atoms with Gasteiger partial charge in [-0.1, -0.05) is 43.3 Å². The minimum atomic E-state index is -0.508. The van der Waals surface area contributed by atoms with Crippen LogP contribution in [0.2, 0.25) is 0 Å². The molecule has 3 fully saturated rings. The van der Waals surface area contributed by atoms with Crippen molar-refractivity contribution in [2.24, 2.45) is 5.92 Å². The largest absolute Gasteiger partial charge is 0.392 e. The van der Waals surface area contributed by atoms with E-state index in [0.29, 0.717) is 12.6 Å². The molecule has 39 heavy (non-hydrogen) atoms. The van der Waals surface area contributed by atoms with E-state index >= 15 is 0 Å². The average molecular weight is 537 g/mol. The van der Waals surface area contributed by atoms with E-state index in [9.17, 15) is 9.90 Å². The normalized spacial score (nSPS) is 28.0. The van der Waals surface area contributed by atoms with Gasteiger partial charge in [-0.2, -0.15) is 0 Å². The lowest BCUT2D eigenvalue weighted by Gasteiger charge is -2.43. The van der Waals surface area contributed by atoms with Gasteiger partial charge < -0.3 is 30.1 Å². The molecule has 2 aromatic rings. The van der Waals surface area contributed by atoms with Gasteiger partial charge in [-0.25, -0.2) is 4.79 Å². The first kappa shape index (κ1) is 28.1. The van der Waals surface area contributed by atoms with Gasteiger partial charge in [-0.15, -0.1) is 0 Å². The quantitative estimate of drug-likeness (QED) is 0.432. The van der Waals surface area contributed by atoms with Gasteiger partial charge in [-0.3, -0.25) is 4.90 Å². The Hall–Kier alpha value is -2.49. The molecule has 0 unspecified atom stereocenters. The first-order valence-electron chi connectivity index (χ1n) is 14.7. The molecule has 5 rings (SSSR count). The Bertz CT molecular complexity index is 1060. The van der Waals surface area contributed by atoms with Crippen LogP contribution in [-0.2, 0) is 16.1 Å². The molecule has 212 valence electrons. The third-order valence-electron chi connectivity index (χ3n) is 8.48. The Kier molecular flexibility index (Phi) is 9.53. The number of nitrogens with zero attached hydrogens (tertiary/aromatic N) is 2. The summed E-state index contributed by atoms with van der Waals surface area (Å²) in [4.78, 5) is 17.2. The van der Waals surface area contributed by atoms with E-state index in [1.807, 2.05) is 43.3 Å². The second-order valence-electron chi connectivity index (χ2n) is 11.2. The highest BCUT2D eigenvalue weighted by Gasteiger charge is 2.40. The topological polar surface area (TPSA) is 86.3 Å². The van der Waals surface area contributed by atoms with Crippen LogP contribution >= 0.6 is 0 Å². The predicted molar refractivity (Wildman–Crippen MR) is 152 cm³/mol. The number of urea groups is 1. The van der Waals surface area contributed by atoms with Crippen LogP contribution in [0.15, 0.2) is 48.5 Å². The van der Waals surface area contributed by atoms with Crippen LogP contribution in [0, 0.1) is 5.92 Å². The lowest BCUT2D eigenvalue weighted by atomic mass is 9.90. The van der Waals surface area contributed by atoms with Crippen molar-refractivity contribution < 1.29 is 19.4 Å². The van der Waals surface area contributed by atoms with Crippen LogP contribution < -0.4 is 10.6 Å². The number of aliphatic hydroxyl groups is 1. The minimum absolute atomic E-state index is 0.0126. The van der Waals surface area contributed by atoms with E-state index in [1.165, 1.54) is 38.8 Å². The van der Waals surface area contributed by atoms with Crippen molar-refractivity contribution >= 4 is 11.7 Å². The van der Waals surface area contributed by atoms with Crippen molar-refractivity contribution in [3.05, 3.63) is 65.2 Å². The molecular formula is C31H44N4O4. The van der Waals surface area contributed by atoms with E-state index in [0.717, 1.165) is 42.0 Å². The minimum Gasteiger partial charge on any atom is -0.392 e. The fourth-order valence-corrected chi connectivity index (χ4v) is 6.22. The molecule has 5 atom stereocenters. The molecule has 0 aromatic heterocycles. The fraction of sp³-hybridized carbons (Fsp3) is 0.581. The number of carbonyl (C=O) groups excluding carboxylic acids is 1. The number of anilines is 1. The number of amides is 2. The van der Waals surface area contributed by atoms with Crippen LogP contribution in [0.3, 0.4) is 0 Å². The van der Waals surface area contributed by atoms with E-state index in [1.54, 1.807) is 0 Å². The summed E-state index contributed by atoms with van der Waals surface area (Å²) in [6.45, 7) is 10.4. The number of nitrogens with one attached hydrogen (secondary N) is 2. The average Bonchev–Trinajstić information content (AvgIpc) is 3.63. The molecule has 0 aliphatic carbocycles. The molecule has 0 bridgehead atoms. The Morgan fingerprint density at radius 2 is 1.67 bits per heavy atom. The molecule has 3 heterocycles. The fourth-order valence-electron chi connectivity index (χ4n) is 6.22. The summed E-state index contributed by atoms with van der Waals surface area (Å²) in [6.07, 6.45) is 4.51. The van der Waals surface area contributed by atoms with Crippen molar-refractivity contribution in [1.82, 2.24) is 15.1 Å². The summed E-state index contributed by atoms with van der Waals surface area (Å²) in [7, 11) is 0. The molecule has 3 aliphatic heterocycles. The van der Waals surface area contributed by atoms with Crippen LogP contribution in [0.1, 0.15) is 68.6 Å². The van der Waals surface area contributed by atoms with E-state index in [4.69, 9.17) is 9.47 Å². The standard InChI is InChI=1S/C31H44N4O4/c1-3-32-31(37)33-26-14-12-25(13-15-26)30-38-28(20-35-18-6-7-27(35)19-34-16-4-5-17-34)22(2)29(39-30)24-10-8-23(21-36)9-11-24/h8-15,22,27-30,36H,3-7,16-21H2,1-2H3,(H2,32,33,37)/t22-,27-,28+,29+,30+/m0/s1. The first-order valence-corrected chi connectivity index (χ1v) is 14.7. The van der Waals surface area contributed by atoms with Gasteiger partial charge in [0.15, 0.2) is 6.29 Å². The highest BCUT2D eigenvalue weighted by Crippen LogP contribution is 2.42. The third-order valence-corrected chi connectivity index (χ3v) is 8.48. The van der Waals surface area contributed by atoms with E-state index in [-0.39, 0.29) is 30.8 Å². The zero-order valence-corrected chi connectivity index (χ0v) is 23.4. The zero-order chi connectivity index (χ0) is 27.2. The lowest BCUT2D eigenvalue weighted by Crippen LogP contribution is -2.48. The van der Waals surface area contributed by atoms with Gasteiger partial charge >= 0.3 is 6.03 Å². The number of benzene rings is 2. The van der Waals surface area contributed by atoms with Gasteiger partial charge in [0.1, 0.15) is 0 Å². The van der Waals surface area contributed by atoms with Crippen molar-refractivity contribution in [2.45, 2.75) is 70.7 Å². The van der Waals surface area contributed by atoms with Gasteiger partial charge in [0.05, 0.1) is 18.8 Å². The predicted octanol–water partition coefficient (Wildman–Crippen LogP) is 4.67. The van der Waals surface area contributed by atoms with Crippen LogP contribution in [0.5, 0.6) is 0 Å². The Morgan fingerprint density at radius 1 is 0.949 bits per heavy atom. The van der Waals surface area contributed by atoms with Crippen LogP contribution in [-0.4, -0.2) is 72.4 Å². The Morgan fingerprint density at radius 3 is 2.36 bits per heavy atom. The number of likely N-dealkylation sites (tertiary alicyclic amines) is 2. The summed E-state index contributed by atoms with van der Waals surface area (Å²) in [6, 6.07) is 16.2. The summed E-state index contributed by atoms with van der Waals surface area (Å²) < 4.78 is 13.3. The molecular weight excluding hydrogens is 492 g/mol. The van der Waals surface area contributed by atoms with Gasteiger partial charge in [-0.05, 0) is 75.5 Å². The molecule has 0 saturated carbocycles. The van der Waals surface area contributed by atoms with Crippen molar-refractivity contribution in [1.29, 1.82) is 0 Å². The Labute approximate surface area is 232 Å². The van der Waals surface area contributed by atoms with E-state index in [2.05, 4.69) is 39.5 Å². The molecule has 2 aromatic carbocycles. The number of hydrogen-bond donors (Lipinski definition) is 3. The second-order valence-corrected chi connectivity index (χ2v) is 11.2. The highest BCUT2D eigenvalue weighted by atomic mass is 16.7. The van der Waals surface area contributed by atoms with E-state index < -0.39 is 6.29 Å². The SMILES string of the molecule is CCNC(=O)Nc1ccc([C@@H]2O[C@H](CN3CCC[C@H]3CN3CCCC3)[C@H](C)[C@H](c3ccc(CO)cc3)O2)cc1. The maximum absolute atomic E-state index is 11.9. The highest BCUT2D eigenvalue weighted by molar-refractivity contribution is 5.89. The smallest absolute Gasteiger partial charge is 0.319 e. The number of rotatable bonds is 9. The maximum Gasteiger partial charge on any atom is 0.319 e. The summed E-state index contributed by atoms with van der Waals surface area (Å²) >= 11 is 0. The molecule has 8 heteroatoms. The lowest BCUT2D eigenvalue weighted by molar-refractivity contribution is -0.276. The Balaban J connectivity index is 1.33. The molecule has 0 spiro atoms. The molecule has 3 N–H and O–H groups in total. The van der Waals surface area contributed by atoms with Gasteiger partial charge in [0.2, 0.25) is 0 Å². The van der Waals surface area contributed by atoms with Crippen molar-refractivity contribution in [2.75, 3.05) is 44.6 Å². The summed E-state index contributed by atoms with van der Waals surface area (Å²) in [5.74, 6) is 0.160. The second kappa shape index (κ2) is 13.2. The number of carbonyl (C=O) groups is 1. The zero-order valence-electron chi connectivity index (χ0n) is 23.4. The van der Waals surface area contributed by atoms with Crippen molar-refractivity contribution in [3.63, 3.8) is 0 Å². The monoisotopic (exact) mass is 536 g/mol. The third kappa shape index (κ3) is 6.99. The number of aliphatic hydroxyl groups excluding tert-OH is 1. The maximum atomic E-state index is 11.9. The number of hydrogen-bond acceptors (Lipinski definition) is 6.